The summed E-state index contributed by atoms with van der Waals surface area (Å²) in [7, 11) is 0. The largest absolute Gasteiger partial charge is 0.491 e. The molecule has 2 aliphatic rings. The number of piperidine rings is 1. The predicted molar refractivity (Wildman–Crippen MR) is 91.6 cm³/mol. The Morgan fingerprint density at radius 3 is 2.80 bits per heavy atom. The zero-order chi connectivity index (χ0) is 17.2. The molecule has 1 saturated heterocycles. The van der Waals surface area contributed by atoms with Crippen molar-refractivity contribution < 1.29 is 13.9 Å². The van der Waals surface area contributed by atoms with Gasteiger partial charge in [-0.15, -0.1) is 0 Å². The zero-order valence-corrected chi connectivity index (χ0v) is 14.0. The van der Waals surface area contributed by atoms with Gasteiger partial charge in [0.25, 0.3) is 0 Å². The van der Waals surface area contributed by atoms with E-state index >= 15 is 0 Å². The standard InChI is InChI=1S/C20H21FN2O2/c21-15-5-8-18(9-6-15)25-13-19-14-4-7-17(11-14)23(19)20(24)12-16-3-1-2-10-22-16/h1-3,5-6,8-10,14,17,19H,4,7,11-13H2/t14-,17+,19-/m1/s1. The topological polar surface area (TPSA) is 42.4 Å². The Hall–Kier alpha value is -2.43. The number of pyridine rings is 1. The van der Waals surface area contributed by atoms with Gasteiger partial charge in [-0.05, 0) is 61.6 Å². The molecule has 0 unspecified atom stereocenters. The van der Waals surface area contributed by atoms with Crippen LogP contribution in [0, 0.1) is 11.7 Å². The lowest BCUT2D eigenvalue weighted by Crippen LogP contribution is -2.48. The van der Waals surface area contributed by atoms with Gasteiger partial charge in [0.2, 0.25) is 5.91 Å². The normalized spacial score (nSPS) is 24.5. The number of rotatable bonds is 5. The van der Waals surface area contributed by atoms with Crippen LogP contribution in [0.2, 0.25) is 0 Å². The first-order chi connectivity index (χ1) is 12.2. The van der Waals surface area contributed by atoms with E-state index in [1.54, 1.807) is 18.3 Å². The first-order valence-corrected chi connectivity index (χ1v) is 8.80. The minimum absolute atomic E-state index is 0.0972. The molecule has 1 aromatic carbocycles. The van der Waals surface area contributed by atoms with E-state index < -0.39 is 0 Å². The SMILES string of the molecule is O=C(Cc1ccccn1)N1[C@H]2CC[C@H](C2)[C@H]1COc1ccc(F)cc1. The van der Waals surface area contributed by atoms with Gasteiger partial charge >= 0.3 is 0 Å². The molecule has 1 aliphatic carbocycles. The van der Waals surface area contributed by atoms with Crippen molar-refractivity contribution >= 4 is 5.91 Å². The second-order valence-corrected chi connectivity index (χ2v) is 6.86. The molecule has 0 N–H and O–H groups in total. The molecule has 2 aromatic rings. The van der Waals surface area contributed by atoms with E-state index in [1.807, 2.05) is 23.1 Å². The number of benzene rings is 1. The van der Waals surface area contributed by atoms with Crippen LogP contribution in [0.5, 0.6) is 5.75 Å². The lowest BCUT2D eigenvalue weighted by molar-refractivity contribution is -0.135. The molecule has 0 spiro atoms. The van der Waals surface area contributed by atoms with E-state index in [9.17, 15) is 9.18 Å². The first-order valence-electron chi connectivity index (χ1n) is 8.80. The Morgan fingerprint density at radius 2 is 2.04 bits per heavy atom. The highest BCUT2D eigenvalue weighted by Crippen LogP contribution is 2.42. The summed E-state index contributed by atoms with van der Waals surface area (Å²) in [5.41, 5.74) is 0.800. The third-order valence-electron chi connectivity index (χ3n) is 5.32. The average Bonchev–Trinajstić information content (AvgIpc) is 3.23. The number of nitrogens with zero attached hydrogens (tertiary/aromatic N) is 2. The van der Waals surface area contributed by atoms with Gasteiger partial charge in [-0.25, -0.2) is 4.39 Å². The number of halogens is 1. The highest BCUT2D eigenvalue weighted by molar-refractivity contribution is 5.79. The molecule has 1 saturated carbocycles. The number of carbonyl (C=O) groups excluding carboxylic acids is 1. The summed E-state index contributed by atoms with van der Waals surface area (Å²) < 4.78 is 18.9. The van der Waals surface area contributed by atoms with Crippen LogP contribution in [-0.4, -0.2) is 34.5 Å². The number of fused-ring (bicyclic) bond motifs is 2. The quantitative estimate of drug-likeness (QED) is 0.839. The lowest BCUT2D eigenvalue weighted by Gasteiger charge is -2.35. The van der Waals surface area contributed by atoms with Crippen LogP contribution in [0.15, 0.2) is 48.7 Å². The Morgan fingerprint density at radius 1 is 1.20 bits per heavy atom. The van der Waals surface area contributed by atoms with E-state index in [0.717, 1.165) is 25.0 Å². The molecular formula is C20H21FN2O2. The van der Waals surface area contributed by atoms with Crippen LogP contribution in [0.25, 0.3) is 0 Å². The van der Waals surface area contributed by atoms with E-state index in [0.29, 0.717) is 30.7 Å². The number of hydrogen-bond donors (Lipinski definition) is 0. The molecule has 2 bridgehead atoms. The molecule has 1 amide bonds. The van der Waals surface area contributed by atoms with Crippen molar-refractivity contribution in [3.8, 4) is 5.75 Å². The monoisotopic (exact) mass is 340 g/mol. The number of aromatic nitrogens is 1. The molecule has 25 heavy (non-hydrogen) atoms. The van der Waals surface area contributed by atoms with Gasteiger partial charge in [-0.3, -0.25) is 9.78 Å². The smallest absolute Gasteiger partial charge is 0.229 e. The number of amides is 1. The van der Waals surface area contributed by atoms with Crippen molar-refractivity contribution in [1.29, 1.82) is 0 Å². The van der Waals surface area contributed by atoms with Gasteiger partial charge in [-0.1, -0.05) is 6.07 Å². The molecule has 1 aliphatic heterocycles. The van der Waals surface area contributed by atoms with Crippen LogP contribution < -0.4 is 4.74 Å². The third kappa shape index (κ3) is 3.36. The van der Waals surface area contributed by atoms with Crippen molar-refractivity contribution in [3.05, 3.63) is 60.2 Å². The van der Waals surface area contributed by atoms with Gasteiger partial charge in [0.1, 0.15) is 18.2 Å². The summed E-state index contributed by atoms with van der Waals surface area (Å²) in [6.45, 7) is 0.459. The predicted octanol–water partition coefficient (Wildman–Crippen LogP) is 3.22. The van der Waals surface area contributed by atoms with Gasteiger partial charge in [0.15, 0.2) is 0 Å². The maximum Gasteiger partial charge on any atom is 0.229 e. The van der Waals surface area contributed by atoms with Crippen molar-refractivity contribution in [3.63, 3.8) is 0 Å². The Kier molecular flexibility index (Phi) is 4.38. The fourth-order valence-electron chi connectivity index (χ4n) is 4.16. The lowest BCUT2D eigenvalue weighted by atomic mass is 9.99. The molecule has 4 rings (SSSR count). The Labute approximate surface area is 146 Å². The molecule has 4 nitrogen and oxygen atoms in total. The highest BCUT2D eigenvalue weighted by atomic mass is 19.1. The number of hydrogen-bond acceptors (Lipinski definition) is 3. The van der Waals surface area contributed by atoms with E-state index in [1.165, 1.54) is 12.1 Å². The molecule has 5 heteroatoms. The second-order valence-electron chi connectivity index (χ2n) is 6.86. The number of ether oxygens (including phenoxy) is 1. The van der Waals surface area contributed by atoms with Crippen LogP contribution in [0.4, 0.5) is 4.39 Å². The molecule has 1 aromatic heterocycles. The maximum absolute atomic E-state index is 13.0. The highest BCUT2D eigenvalue weighted by Gasteiger charge is 2.48. The molecular weight excluding hydrogens is 319 g/mol. The van der Waals surface area contributed by atoms with Crippen LogP contribution in [0.3, 0.4) is 0 Å². The summed E-state index contributed by atoms with van der Waals surface area (Å²) in [6.07, 6.45) is 5.33. The molecule has 2 heterocycles. The molecule has 130 valence electrons. The summed E-state index contributed by atoms with van der Waals surface area (Å²) in [5.74, 6) is 0.984. The molecule has 2 fully saturated rings. The second kappa shape index (κ2) is 6.82. The van der Waals surface area contributed by atoms with Gasteiger partial charge in [-0.2, -0.15) is 0 Å². The van der Waals surface area contributed by atoms with Crippen LogP contribution >= 0.6 is 0 Å². The minimum Gasteiger partial charge on any atom is -0.491 e. The number of carbonyl (C=O) groups is 1. The summed E-state index contributed by atoms with van der Waals surface area (Å²) in [4.78, 5) is 19.1. The number of likely N-dealkylation sites (tertiary alicyclic amines) is 1. The van der Waals surface area contributed by atoms with Crippen molar-refractivity contribution in [2.45, 2.75) is 37.8 Å². The Bertz CT molecular complexity index is 735. The van der Waals surface area contributed by atoms with E-state index in [-0.39, 0.29) is 17.8 Å². The molecule has 3 atom stereocenters. The zero-order valence-electron chi connectivity index (χ0n) is 14.0. The first kappa shape index (κ1) is 16.1. The minimum atomic E-state index is -0.278. The fourth-order valence-corrected chi connectivity index (χ4v) is 4.16. The van der Waals surface area contributed by atoms with E-state index in [4.69, 9.17) is 4.74 Å². The van der Waals surface area contributed by atoms with Crippen molar-refractivity contribution in [2.75, 3.05) is 6.61 Å². The van der Waals surface area contributed by atoms with Crippen molar-refractivity contribution in [1.82, 2.24) is 9.88 Å². The van der Waals surface area contributed by atoms with Gasteiger partial charge in [0.05, 0.1) is 12.5 Å². The van der Waals surface area contributed by atoms with E-state index in [2.05, 4.69) is 4.98 Å². The molecule has 0 radical (unpaired) electrons. The third-order valence-corrected chi connectivity index (χ3v) is 5.32. The maximum atomic E-state index is 13.0. The van der Waals surface area contributed by atoms with Crippen LogP contribution in [0.1, 0.15) is 25.0 Å². The Balaban J connectivity index is 1.44. The average molecular weight is 340 g/mol. The van der Waals surface area contributed by atoms with Gasteiger partial charge < -0.3 is 9.64 Å². The fraction of sp³-hybridized carbons (Fsp3) is 0.400. The van der Waals surface area contributed by atoms with Gasteiger partial charge in [0, 0.05) is 17.9 Å². The summed E-state index contributed by atoms with van der Waals surface area (Å²) >= 11 is 0. The van der Waals surface area contributed by atoms with Crippen molar-refractivity contribution in [2.24, 2.45) is 5.92 Å². The summed E-state index contributed by atoms with van der Waals surface area (Å²) in [5, 5.41) is 0. The van der Waals surface area contributed by atoms with Crippen LogP contribution in [-0.2, 0) is 11.2 Å². The summed E-state index contributed by atoms with van der Waals surface area (Å²) in [6, 6.07) is 12.1.